The minimum Gasteiger partial charge on any atom is -0.304 e. The first-order valence-corrected chi connectivity index (χ1v) is 7.12. The lowest BCUT2D eigenvalue weighted by molar-refractivity contribution is -0.107. The Balaban J connectivity index is 2.09. The summed E-state index contributed by atoms with van der Waals surface area (Å²) in [5.41, 5.74) is 9.70. The molecule has 1 aliphatic heterocycles. The SMILES string of the molecule is C/C=C\C(=C/CC=O)c1n[nH]c2ccc(C3=NCNN3)cc12. The van der Waals surface area contributed by atoms with Crippen LogP contribution in [0.2, 0.25) is 0 Å². The minimum absolute atomic E-state index is 0.367. The zero-order valence-electron chi connectivity index (χ0n) is 12.3. The second-order valence-corrected chi connectivity index (χ2v) is 4.86. The number of carbonyl (C=O) groups excluding carboxylic acids is 1. The van der Waals surface area contributed by atoms with Crippen molar-refractivity contribution in [2.75, 3.05) is 6.67 Å². The van der Waals surface area contributed by atoms with Gasteiger partial charge in [-0.3, -0.25) is 5.10 Å². The standard InChI is InChI=1S/C16H17N5O/c1-2-4-11(5-3-8-22)15-13-9-12(16-17-10-18-21-16)6-7-14(13)19-20-15/h2,4-9,18H,3,10H2,1H3,(H,17,21)(H,19,20)/b4-2-,11-5+. The van der Waals surface area contributed by atoms with Crippen molar-refractivity contribution >= 4 is 28.6 Å². The van der Waals surface area contributed by atoms with Gasteiger partial charge in [0.2, 0.25) is 0 Å². The number of nitrogens with zero attached hydrogens (tertiary/aromatic N) is 2. The number of aromatic nitrogens is 2. The first kappa shape index (κ1) is 14.2. The van der Waals surface area contributed by atoms with E-state index in [0.717, 1.165) is 39.9 Å². The summed E-state index contributed by atoms with van der Waals surface area (Å²) in [5.74, 6) is 0.818. The molecule has 0 radical (unpaired) electrons. The number of benzene rings is 1. The Hall–Kier alpha value is -2.73. The summed E-state index contributed by atoms with van der Waals surface area (Å²) in [6.45, 7) is 2.51. The van der Waals surface area contributed by atoms with Gasteiger partial charge in [0.1, 0.15) is 18.8 Å². The maximum atomic E-state index is 10.6. The second-order valence-electron chi connectivity index (χ2n) is 4.86. The summed E-state index contributed by atoms with van der Waals surface area (Å²) >= 11 is 0. The van der Waals surface area contributed by atoms with Crippen molar-refractivity contribution in [3.63, 3.8) is 0 Å². The molecule has 0 amide bonds. The molecule has 0 unspecified atom stereocenters. The number of aromatic amines is 1. The van der Waals surface area contributed by atoms with Gasteiger partial charge >= 0.3 is 0 Å². The van der Waals surface area contributed by atoms with Crippen molar-refractivity contribution in [1.29, 1.82) is 0 Å². The number of carbonyl (C=O) groups is 1. The largest absolute Gasteiger partial charge is 0.304 e. The number of hydrogen-bond donors (Lipinski definition) is 3. The molecule has 2 heterocycles. The second kappa shape index (κ2) is 6.36. The summed E-state index contributed by atoms with van der Waals surface area (Å²) in [6, 6.07) is 6.02. The van der Waals surface area contributed by atoms with E-state index in [-0.39, 0.29) is 0 Å². The Morgan fingerprint density at radius 1 is 1.41 bits per heavy atom. The Kier molecular flexibility index (Phi) is 4.11. The average Bonchev–Trinajstić information content (AvgIpc) is 3.20. The summed E-state index contributed by atoms with van der Waals surface area (Å²) in [6.07, 6.45) is 7.02. The van der Waals surface area contributed by atoms with E-state index in [1.165, 1.54) is 0 Å². The fourth-order valence-electron chi connectivity index (χ4n) is 2.42. The number of nitrogens with one attached hydrogen (secondary N) is 3. The molecule has 1 aromatic carbocycles. The lowest BCUT2D eigenvalue weighted by Gasteiger charge is -2.03. The number of aliphatic imine (C=N–C) groups is 1. The molecule has 3 N–H and O–H groups in total. The van der Waals surface area contributed by atoms with Crippen LogP contribution in [0.25, 0.3) is 16.5 Å². The molecule has 0 spiro atoms. The highest BCUT2D eigenvalue weighted by molar-refractivity contribution is 6.03. The molecule has 6 heteroatoms. The van der Waals surface area contributed by atoms with Gasteiger partial charge in [0.15, 0.2) is 0 Å². The lowest BCUT2D eigenvalue weighted by atomic mass is 10.0. The van der Waals surface area contributed by atoms with Gasteiger partial charge in [-0.1, -0.05) is 18.2 Å². The number of fused-ring (bicyclic) bond motifs is 1. The van der Waals surface area contributed by atoms with Crippen LogP contribution < -0.4 is 10.9 Å². The highest BCUT2D eigenvalue weighted by atomic mass is 16.1. The Morgan fingerprint density at radius 3 is 3.05 bits per heavy atom. The van der Waals surface area contributed by atoms with Crippen LogP contribution in [0, 0.1) is 0 Å². The molecular formula is C16H17N5O. The molecule has 0 aliphatic carbocycles. The summed E-state index contributed by atoms with van der Waals surface area (Å²) in [7, 11) is 0. The summed E-state index contributed by atoms with van der Waals surface area (Å²) in [5, 5.41) is 8.43. The highest BCUT2D eigenvalue weighted by Gasteiger charge is 2.13. The topological polar surface area (TPSA) is 82.2 Å². The van der Waals surface area contributed by atoms with E-state index in [9.17, 15) is 4.79 Å². The third kappa shape index (κ3) is 2.68. The van der Waals surface area contributed by atoms with Crippen molar-refractivity contribution in [1.82, 2.24) is 21.0 Å². The first-order chi connectivity index (χ1) is 10.8. The predicted molar refractivity (Wildman–Crippen MR) is 87.2 cm³/mol. The lowest BCUT2D eigenvalue weighted by Crippen LogP contribution is -2.30. The molecular weight excluding hydrogens is 278 g/mol. The Morgan fingerprint density at radius 2 is 2.32 bits per heavy atom. The zero-order chi connectivity index (χ0) is 15.4. The van der Waals surface area contributed by atoms with Crippen LogP contribution in [-0.4, -0.2) is 29.0 Å². The number of hydrazine groups is 1. The van der Waals surface area contributed by atoms with Gasteiger partial charge in [0, 0.05) is 17.4 Å². The first-order valence-electron chi connectivity index (χ1n) is 7.12. The van der Waals surface area contributed by atoms with Crippen LogP contribution in [0.3, 0.4) is 0 Å². The molecule has 0 saturated carbocycles. The smallest absolute Gasteiger partial charge is 0.144 e. The van der Waals surface area contributed by atoms with E-state index in [1.54, 1.807) is 0 Å². The minimum atomic E-state index is 0.367. The molecule has 0 fully saturated rings. The molecule has 3 rings (SSSR count). The summed E-state index contributed by atoms with van der Waals surface area (Å²) in [4.78, 5) is 15.0. The van der Waals surface area contributed by atoms with Crippen LogP contribution in [0.1, 0.15) is 24.6 Å². The van der Waals surface area contributed by atoms with Crippen molar-refractivity contribution in [2.24, 2.45) is 4.99 Å². The number of rotatable bonds is 5. The van der Waals surface area contributed by atoms with Gasteiger partial charge in [-0.2, -0.15) is 5.10 Å². The molecule has 0 bridgehead atoms. The predicted octanol–water partition coefficient (Wildman–Crippen LogP) is 1.92. The number of H-pyrrole nitrogens is 1. The third-order valence-corrected chi connectivity index (χ3v) is 3.41. The van der Waals surface area contributed by atoms with Gasteiger partial charge in [0.05, 0.1) is 11.2 Å². The Labute approximate surface area is 128 Å². The van der Waals surface area contributed by atoms with E-state index >= 15 is 0 Å². The van der Waals surface area contributed by atoms with Crippen molar-refractivity contribution in [3.05, 3.63) is 47.7 Å². The van der Waals surface area contributed by atoms with Gasteiger partial charge in [-0.25, -0.2) is 10.4 Å². The third-order valence-electron chi connectivity index (χ3n) is 3.41. The molecule has 112 valence electrons. The van der Waals surface area contributed by atoms with Crippen molar-refractivity contribution in [2.45, 2.75) is 13.3 Å². The van der Waals surface area contributed by atoms with Gasteiger partial charge < -0.3 is 10.2 Å². The monoisotopic (exact) mass is 295 g/mol. The van der Waals surface area contributed by atoms with Crippen molar-refractivity contribution in [3.8, 4) is 0 Å². The molecule has 6 nitrogen and oxygen atoms in total. The number of amidine groups is 1. The van der Waals surface area contributed by atoms with Crippen molar-refractivity contribution < 1.29 is 4.79 Å². The zero-order valence-corrected chi connectivity index (χ0v) is 12.3. The number of allylic oxidation sites excluding steroid dienone is 4. The van der Waals surface area contributed by atoms with E-state index < -0.39 is 0 Å². The maximum absolute atomic E-state index is 10.6. The van der Waals surface area contributed by atoms with E-state index in [4.69, 9.17) is 0 Å². The molecule has 1 aliphatic rings. The van der Waals surface area contributed by atoms with Crippen LogP contribution in [0.4, 0.5) is 0 Å². The molecule has 0 atom stereocenters. The highest BCUT2D eigenvalue weighted by Crippen LogP contribution is 2.25. The Bertz CT molecular complexity index is 785. The maximum Gasteiger partial charge on any atom is 0.144 e. The van der Waals surface area contributed by atoms with E-state index in [2.05, 4.69) is 26.0 Å². The van der Waals surface area contributed by atoms with Gasteiger partial charge in [-0.15, -0.1) is 0 Å². The summed E-state index contributed by atoms with van der Waals surface area (Å²) < 4.78 is 0. The van der Waals surface area contributed by atoms with Gasteiger partial charge in [-0.05, 0) is 30.7 Å². The fraction of sp³-hybridized carbons (Fsp3) is 0.188. The molecule has 1 aromatic heterocycles. The average molecular weight is 295 g/mol. The van der Waals surface area contributed by atoms with Gasteiger partial charge in [0.25, 0.3) is 0 Å². The van der Waals surface area contributed by atoms with E-state index in [0.29, 0.717) is 13.1 Å². The van der Waals surface area contributed by atoms with Crippen LogP contribution in [0.15, 0.2) is 41.4 Å². The fourth-order valence-corrected chi connectivity index (χ4v) is 2.42. The molecule has 22 heavy (non-hydrogen) atoms. The quantitative estimate of drug-likeness (QED) is 0.581. The van der Waals surface area contributed by atoms with Crippen LogP contribution >= 0.6 is 0 Å². The van der Waals surface area contributed by atoms with Crippen LogP contribution in [0.5, 0.6) is 0 Å². The molecule has 0 saturated heterocycles. The van der Waals surface area contributed by atoms with Crippen LogP contribution in [-0.2, 0) is 4.79 Å². The number of aldehydes is 1. The normalized spacial score (nSPS) is 15.3. The molecule has 2 aromatic rings. The number of hydrogen-bond acceptors (Lipinski definition) is 5. The van der Waals surface area contributed by atoms with E-state index in [1.807, 2.05) is 43.4 Å².